The highest BCUT2D eigenvalue weighted by Gasteiger charge is 2.51. The molecule has 0 bridgehead atoms. The van der Waals surface area contributed by atoms with E-state index in [0.29, 0.717) is 10.7 Å². The molecule has 2 heterocycles. The van der Waals surface area contributed by atoms with E-state index in [1.807, 2.05) is 0 Å². The van der Waals surface area contributed by atoms with Crippen LogP contribution >= 0.6 is 11.6 Å². The van der Waals surface area contributed by atoms with Crippen LogP contribution in [0.25, 0.3) is 0 Å². The average molecular weight is 413 g/mol. The van der Waals surface area contributed by atoms with Crippen LogP contribution < -0.4 is 5.32 Å². The Bertz CT molecular complexity index is 917. The number of hydrogen-bond donors (Lipinski definition) is 1. The Morgan fingerprint density at radius 2 is 1.93 bits per heavy atom. The van der Waals surface area contributed by atoms with Crippen molar-refractivity contribution >= 4 is 39.2 Å². The van der Waals surface area contributed by atoms with Crippen molar-refractivity contribution < 1.29 is 22.7 Å². The maximum absolute atomic E-state index is 12.9. The number of esters is 1. The summed E-state index contributed by atoms with van der Waals surface area (Å²) < 4.78 is 31.1. The Morgan fingerprint density at radius 1 is 1.30 bits per heavy atom. The molecule has 146 valence electrons. The second kappa shape index (κ2) is 7.26. The molecular weight excluding hydrogens is 392 g/mol. The number of nitrogens with zero attached hydrogens (tertiary/aromatic N) is 1. The van der Waals surface area contributed by atoms with Gasteiger partial charge >= 0.3 is 5.97 Å². The number of ether oxygens (including phenoxy) is 1. The van der Waals surface area contributed by atoms with Gasteiger partial charge in [-0.1, -0.05) is 23.7 Å². The number of amides is 1. The highest BCUT2D eigenvalue weighted by molar-refractivity contribution is 7.89. The molecule has 0 radical (unpaired) electrons. The predicted octanol–water partition coefficient (Wildman–Crippen LogP) is 2.34. The van der Waals surface area contributed by atoms with E-state index in [9.17, 15) is 18.0 Å². The minimum Gasteiger partial charge on any atom is -0.450 e. The fourth-order valence-electron chi connectivity index (χ4n) is 3.53. The summed E-state index contributed by atoms with van der Waals surface area (Å²) in [5, 5.41) is 3.12. The first kappa shape index (κ1) is 19.9. The molecule has 1 fully saturated rings. The van der Waals surface area contributed by atoms with E-state index in [1.54, 1.807) is 38.1 Å². The number of benzene rings is 1. The van der Waals surface area contributed by atoms with Gasteiger partial charge < -0.3 is 10.1 Å². The minimum atomic E-state index is -3.33. The molecule has 0 aliphatic carbocycles. The van der Waals surface area contributed by atoms with Crippen LogP contribution in [0.5, 0.6) is 0 Å². The highest BCUT2D eigenvalue weighted by atomic mass is 35.5. The van der Waals surface area contributed by atoms with Crippen molar-refractivity contribution in [2.45, 2.75) is 32.3 Å². The molecule has 1 saturated heterocycles. The van der Waals surface area contributed by atoms with Crippen molar-refractivity contribution in [1.29, 1.82) is 0 Å². The fourth-order valence-corrected chi connectivity index (χ4v) is 4.82. The molecule has 1 amide bonds. The van der Waals surface area contributed by atoms with Gasteiger partial charge in [-0.3, -0.25) is 4.79 Å². The van der Waals surface area contributed by atoms with Gasteiger partial charge in [-0.25, -0.2) is 17.5 Å². The Kier molecular flexibility index (Phi) is 5.33. The Balaban J connectivity index is 1.86. The first-order valence-electron chi connectivity index (χ1n) is 8.68. The molecular formula is C18H21ClN2O5S. The molecule has 1 aromatic carbocycles. The summed E-state index contributed by atoms with van der Waals surface area (Å²) in [7, 11) is -3.33. The normalized spacial score (nSPS) is 20.0. The van der Waals surface area contributed by atoms with Gasteiger partial charge in [0.15, 0.2) is 0 Å². The van der Waals surface area contributed by atoms with Crippen LogP contribution in [0.4, 0.5) is 5.69 Å². The van der Waals surface area contributed by atoms with E-state index in [0.717, 1.165) is 0 Å². The van der Waals surface area contributed by atoms with Crippen molar-refractivity contribution in [2.75, 3.05) is 24.2 Å². The molecule has 0 saturated carbocycles. The molecule has 2 aliphatic heterocycles. The van der Waals surface area contributed by atoms with Crippen LogP contribution in [0, 0.1) is 0 Å². The van der Waals surface area contributed by atoms with Crippen molar-refractivity contribution in [3.8, 4) is 0 Å². The fraction of sp³-hybridized carbons (Fsp3) is 0.444. The third kappa shape index (κ3) is 3.61. The van der Waals surface area contributed by atoms with E-state index >= 15 is 0 Å². The molecule has 27 heavy (non-hydrogen) atoms. The molecule has 1 N–H and O–H groups in total. The monoisotopic (exact) mass is 412 g/mol. The number of hydrogen-bond acceptors (Lipinski definition) is 5. The maximum atomic E-state index is 12.9. The van der Waals surface area contributed by atoms with E-state index in [4.69, 9.17) is 16.3 Å². The van der Waals surface area contributed by atoms with Crippen LogP contribution in [0.3, 0.4) is 0 Å². The Morgan fingerprint density at radius 3 is 2.52 bits per heavy atom. The maximum Gasteiger partial charge on any atom is 0.335 e. The number of piperidine rings is 1. The molecule has 9 heteroatoms. The smallest absolute Gasteiger partial charge is 0.335 e. The van der Waals surface area contributed by atoms with E-state index in [-0.39, 0.29) is 42.8 Å². The summed E-state index contributed by atoms with van der Waals surface area (Å²) in [4.78, 5) is 25.1. The number of halogens is 1. The lowest BCUT2D eigenvalue weighted by atomic mass is 9.83. The van der Waals surface area contributed by atoms with E-state index < -0.39 is 27.5 Å². The summed E-state index contributed by atoms with van der Waals surface area (Å²) in [5.41, 5.74) is -0.177. The zero-order valence-corrected chi connectivity index (χ0v) is 16.7. The summed E-state index contributed by atoms with van der Waals surface area (Å²) in [6, 6.07) is 6.80. The molecule has 0 atom stereocenters. The number of anilines is 1. The minimum absolute atomic E-state index is 0.00844. The zero-order chi connectivity index (χ0) is 19.8. The van der Waals surface area contributed by atoms with E-state index in [1.165, 1.54) is 4.31 Å². The second-order valence-electron chi connectivity index (χ2n) is 6.62. The third-order valence-corrected chi connectivity index (χ3v) is 7.27. The van der Waals surface area contributed by atoms with Crippen molar-refractivity contribution in [2.24, 2.45) is 0 Å². The molecule has 0 unspecified atom stereocenters. The summed E-state index contributed by atoms with van der Waals surface area (Å²) in [6.07, 6.45) is 0.473. The molecule has 1 aromatic rings. The van der Waals surface area contributed by atoms with Gasteiger partial charge in [-0.2, -0.15) is 0 Å². The SMILES string of the molecule is CCS(=O)(=O)N1CCC2(CC1)OC(=O)C(C)=C2C(=O)Nc1ccccc1Cl. The quantitative estimate of drug-likeness (QED) is 0.766. The van der Waals surface area contributed by atoms with Gasteiger partial charge in [0, 0.05) is 31.5 Å². The zero-order valence-electron chi connectivity index (χ0n) is 15.1. The number of nitrogens with one attached hydrogen (secondary N) is 1. The molecule has 3 rings (SSSR count). The van der Waals surface area contributed by atoms with Crippen molar-refractivity contribution in [3.05, 3.63) is 40.4 Å². The van der Waals surface area contributed by atoms with Gasteiger partial charge in [0.05, 0.1) is 22.0 Å². The van der Waals surface area contributed by atoms with Gasteiger partial charge in [-0.05, 0) is 26.0 Å². The standard InChI is InChI=1S/C18H21ClN2O5S/c1-3-27(24,25)21-10-8-18(9-11-21)15(12(2)17(23)26-18)16(22)20-14-7-5-4-6-13(14)19/h4-7H,3,8-11H2,1-2H3,(H,20,22). The number of para-hydroxylation sites is 1. The lowest BCUT2D eigenvalue weighted by Crippen LogP contribution is -2.49. The first-order valence-corrected chi connectivity index (χ1v) is 10.7. The van der Waals surface area contributed by atoms with Gasteiger partial charge in [0.25, 0.3) is 5.91 Å². The van der Waals surface area contributed by atoms with Crippen molar-refractivity contribution in [1.82, 2.24) is 4.31 Å². The molecule has 1 spiro atoms. The number of sulfonamides is 1. The number of rotatable bonds is 4. The van der Waals surface area contributed by atoms with Crippen LogP contribution in [0.1, 0.15) is 26.7 Å². The van der Waals surface area contributed by atoms with Gasteiger partial charge in [-0.15, -0.1) is 0 Å². The van der Waals surface area contributed by atoms with Gasteiger partial charge in [0.1, 0.15) is 5.60 Å². The molecule has 7 nitrogen and oxygen atoms in total. The summed E-state index contributed by atoms with van der Waals surface area (Å²) in [6.45, 7) is 3.52. The lowest BCUT2D eigenvalue weighted by molar-refractivity contribution is -0.149. The Labute approximate surface area is 163 Å². The summed E-state index contributed by atoms with van der Waals surface area (Å²) >= 11 is 6.10. The van der Waals surface area contributed by atoms with Crippen LogP contribution in [-0.2, 0) is 24.3 Å². The lowest BCUT2D eigenvalue weighted by Gasteiger charge is -2.38. The topological polar surface area (TPSA) is 92.8 Å². The predicted molar refractivity (Wildman–Crippen MR) is 102 cm³/mol. The first-order chi connectivity index (χ1) is 12.7. The van der Waals surface area contributed by atoms with Crippen LogP contribution in [-0.4, -0.2) is 49.0 Å². The Hall–Kier alpha value is -1.90. The largest absolute Gasteiger partial charge is 0.450 e. The number of carbonyl (C=O) groups is 2. The average Bonchev–Trinajstić information content (AvgIpc) is 2.87. The van der Waals surface area contributed by atoms with Gasteiger partial charge in [0.2, 0.25) is 10.0 Å². The number of carbonyl (C=O) groups excluding carboxylic acids is 2. The van der Waals surface area contributed by atoms with Crippen LogP contribution in [0.2, 0.25) is 5.02 Å². The molecule has 2 aliphatic rings. The third-order valence-electron chi connectivity index (χ3n) is 5.06. The second-order valence-corrected chi connectivity index (χ2v) is 9.28. The van der Waals surface area contributed by atoms with Crippen molar-refractivity contribution in [3.63, 3.8) is 0 Å². The van der Waals surface area contributed by atoms with Crippen LogP contribution in [0.15, 0.2) is 35.4 Å². The highest BCUT2D eigenvalue weighted by Crippen LogP contribution is 2.42. The summed E-state index contributed by atoms with van der Waals surface area (Å²) in [5.74, 6) is -1.00. The van der Waals surface area contributed by atoms with E-state index in [2.05, 4.69) is 5.32 Å². The molecule has 0 aromatic heterocycles.